The maximum absolute atomic E-state index is 8.04. The van der Waals surface area contributed by atoms with Crippen LogP contribution in [0.15, 0.2) is 36.3 Å². The van der Waals surface area contributed by atoms with E-state index in [4.69, 9.17) is 17.7 Å². The van der Waals surface area contributed by atoms with Crippen LogP contribution in [0.3, 0.4) is 0 Å². The lowest BCUT2D eigenvalue weighted by Gasteiger charge is -2.22. The molecule has 1 saturated heterocycles. The van der Waals surface area contributed by atoms with Gasteiger partial charge in [-0.05, 0) is 57.8 Å². The second kappa shape index (κ2) is 17.9. The summed E-state index contributed by atoms with van der Waals surface area (Å²) in [5, 5.41) is 0. The van der Waals surface area contributed by atoms with Crippen molar-refractivity contribution in [2.75, 3.05) is 13.2 Å². The lowest BCUT2D eigenvalue weighted by molar-refractivity contribution is -0.162. The van der Waals surface area contributed by atoms with Crippen molar-refractivity contribution in [2.24, 2.45) is 0 Å². The zero-order chi connectivity index (χ0) is 23.1. The predicted molar refractivity (Wildman–Crippen MR) is 109 cm³/mol. The molecule has 1 rings (SSSR count). The van der Waals surface area contributed by atoms with Crippen LogP contribution in [0.2, 0.25) is 0 Å². The van der Waals surface area contributed by atoms with Crippen LogP contribution in [0.5, 0.6) is 0 Å². The Morgan fingerprint density at radius 1 is 0.880 bits per heavy atom. The first-order valence-electron chi connectivity index (χ1n) is 13.0. The Balaban J connectivity index is 2.17. The van der Waals surface area contributed by atoms with Crippen molar-refractivity contribution >= 4 is 0 Å². The predicted octanol–water partition coefficient (Wildman–Crippen LogP) is 7.12. The molecule has 0 N–H and O–H groups in total. The average molecular weight is 355 g/mol. The van der Waals surface area contributed by atoms with Gasteiger partial charge in [-0.3, -0.25) is 0 Å². The number of allylic oxidation sites excluding steroid dienone is 6. The van der Waals surface area contributed by atoms with Crippen LogP contribution in [0.1, 0.15) is 98.6 Å². The van der Waals surface area contributed by atoms with Gasteiger partial charge in [-0.25, -0.2) is 0 Å². The molecular formula is C23H40O2. The fourth-order valence-corrected chi connectivity index (χ4v) is 2.63. The molecule has 0 aromatic heterocycles. The second-order valence-corrected chi connectivity index (χ2v) is 6.31. The number of hydrogen-bond donors (Lipinski definition) is 0. The van der Waals surface area contributed by atoms with Gasteiger partial charge in [-0.15, -0.1) is 0 Å². The van der Waals surface area contributed by atoms with E-state index in [1.807, 2.05) is 0 Å². The highest BCUT2D eigenvalue weighted by atomic mass is 16.7. The lowest BCUT2D eigenvalue weighted by atomic mass is 10.1. The van der Waals surface area contributed by atoms with Crippen LogP contribution < -0.4 is 0 Å². The molecule has 0 radical (unpaired) electrons. The molecule has 0 bridgehead atoms. The lowest BCUT2D eigenvalue weighted by Crippen LogP contribution is -2.22. The standard InChI is InChI=1S/C23H40O2/c1-2-3-4-5-6-7-8-9-10-11-12-13-14-15-16-18-21-24-23-20-17-19-22-25-23/h3-4,6-7,9-10,23H,2,5,8,11-22H2,1H3/b4-3-,7-6-,10-9-/i3D,4D,6D,7D,9D,10D. The van der Waals surface area contributed by atoms with Gasteiger partial charge in [-0.2, -0.15) is 0 Å². The van der Waals surface area contributed by atoms with Crippen molar-refractivity contribution in [3.8, 4) is 0 Å². The molecule has 1 heterocycles. The highest BCUT2D eigenvalue weighted by molar-refractivity contribution is 4.96. The summed E-state index contributed by atoms with van der Waals surface area (Å²) in [6, 6.07) is 0.451. The van der Waals surface area contributed by atoms with Crippen LogP contribution in [-0.2, 0) is 9.47 Å². The first-order valence-corrected chi connectivity index (χ1v) is 10.0. The molecule has 1 unspecified atom stereocenters. The number of hydrogen-bond acceptors (Lipinski definition) is 2. The Labute approximate surface area is 164 Å². The summed E-state index contributed by atoms with van der Waals surface area (Å²) in [5.41, 5.74) is 0. The van der Waals surface area contributed by atoms with E-state index in [0.29, 0.717) is 12.8 Å². The summed E-state index contributed by atoms with van der Waals surface area (Å²) < 4.78 is 58.5. The Hall–Kier alpha value is -0.860. The molecule has 1 aliphatic heterocycles. The summed E-state index contributed by atoms with van der Waals surface area (Å²) in [5.74, 6) is 0. The van der Waals surface area contributed by atoms with E-state index >= 15 is 0 Å². The molecular weight excluding hydrogens is 308 g/mol. The van der Waals surface area contributed by atoms with Crippen molar-refractivity contribution in [1.29, 1.82) is 0 Å². The molecule has 1 atom stereocenters. The molecule has 0 aliphatic carbocycles. The van der Waals surface area contributed by atoms with E-state index in [2.05, 4.69) is 0 Å². The van der Waals surface area contributed by atoms with E-state index in [1.165, 1.54) is 6.42 Å². The molecule has 0 saturated carbocycles. The minimum absolute atomic E-state index is 0.00253. The van der Waals surface area contributed by atoms with Gasteiger partial charge in [0.05, 0.1) is 8.22 Å². The van der Waals surface area contributed by atoms with Crippen LogP contribution >= 0.6 is 0 Å². The average Bonchev–Trinajstić information content (AvgIpc) is 2.77. The Bertz CT molecular complexity index is 609. The van der Waals surface area contributed by atoms with Crippen LogP contribution in [0.25, 0.3) is 0 Å². The summed E-state index contributed by atoms with van der Waals surface area (Å²) in [6.07, 6.45) is 10.5. The summed E-state index contributed by atoms with van der Waals surface area (Å²) >= 11 is 0. The van der Waals surface area contributed by atoms with Gasteiger partial charge in [0.1, 0.15) is 0 Å². The zero-order valence-electron chi connectivity index (χ0n) is 22.0. The molecule has 1 aliphatic rings. The fourth-order valence-electron chi connectivity index (χ4n) is 2.63. The molecule has 144 valence electrons. The third-order valence-electron chi connectivity index (χ3n) is 4.04. The second-order valence-electron chi connectivity index (χ2n) is 6.31. The molecule has 0 spiro atoms. The summed E-state index contributed by atoms with van der Waals surface area (Å²) in [7, 11) is 0. The van der Waals surface area contributed by atoms with Crippen LogP contribution in [-0.4, -0.2) is 19.5 Å². The van der Waals surface area contributed by atoms with Gasteiger partial charge >= 0.3 is 0 Å². The van der Waals surface area contributed by atoms with E-state index in [9.17, 15) is 0 Å². The van der Waals surface area contributed by atoms with Crippen molar-refractivity contribution in [3.05, 3.63) is 36.3 Å². The minimum Gasteiger partial charge on any atom is -0.353 e. The topological polar surface area (TPSA) is 18.5 Å². The highest BCUT2D eigenvalue weighted by Gasteiger charge is 2.13. The normalized spacial score (nSPS) is 24.6. The Morgan fingerprint density at radius 3 is 2.28 bits per heavy atom. The van der Waals surface area contributed by atoms with Gasteiger partial charge in [0.25, 0.3) is 0 Å². The molecule has 2 heteroatoms. The Morgan fingerprint density at radius 2 is 1.56 bits per heavy atom. The van der Waals surface area contributed by atoms with Gasteiger partial charge in [0, 0.05) is 13.2 Å². The number of rotatable bonds is 15. The number of ether oxygens (including phenoxy) is 2. The summed E-state index contributed by atoms with van der Waals surface area (Å²) in [4.78, 5) is 0. The highest BCUT2D eigenvalue weighted by Crippen LogP contribution is 2.14. The zero-order valence-corrected chi connectivity index (χ0v) is 16.0. The third kappa shape index (κ3) is 15.1. The SMILES string of the molecule is [2H]/C(CC)=C(\[2H])C/C([2H])=C(/[2H])C/C([2H])=C(/[2H])CCCCCCCCOC1CCCCO1. The van der Waals surface area contributed by atoms with E-state index in [1.54, 1.807) is 6.92 Å². The van der Waals surface area contributed by atoms with Gasteiger partial charge in [-0.1, -0.05) is 68.9 Å². The van der Waals surface area contributed by atoms with Crippen molar-refractivity contribution in [2.45, 2.75) is 96.7 Å². The maximum Gasteiger partial charge on any atom is 0.157 e. The van der Waals surface area contributed by atoms with Gasteiger partial charge < -0.3 is 9.47 Å². The van der Waals surface area contributed by atoms with Crippen molar-refractivity contribution in [3.63, 3.8) is 0 Å². The van der Waals surface area contributed by atoms with Crippen LogP contribution in [0.4, 0.5) is 0 Å². The van der Waals surface area contributed by atoms with E-state index in [0.717, 1.165) is 64.6 Å². The van der Waals surface area contributed by atoms with Gasteiger partial charge in [0.15, 0.2) is 6.29 Å². The molecule has 0 aromatic rings. The largest absolute Gasteiger partial charge is 0.353 e. The monoisotopic (exact) mass is 354 g/mol. The quantitative estimate of drug-likeness (QED) is 0.230. The Kier molecular flexibility index (Phi) is 10.2. The number of unbranched alkanes of at least 4 members (excludes halogenated alkanes) is 5. The molecule has 2 nitrogen and oxygen atoms in total. The van der Waals surface area contributed by atoms with Gasteiger partial charge in [0.2, 0.25) is 0 Å². The molecule has 0 amide bonds. The maximum atomic E-state index is 8.04. The molecule has 0 aromatic carbocycles. The minimum atomic E-state index is -0.0508. The van der Waals surface area contributed by atoms with E-state index in [-0.39, 0.29) is 55.4 Å². The molecule has 25 heavy (non-hydrogen) atoms. The summed E-state index contributed by atoms with van der Waals surface area (Å²) in [6.45, 7) is 3.35. The fraction of sp³-hybridized carbons (Fsp3) is 0.739. The van der Waals surface area contributed by atoms with Crippen molar-refractivity contribution < 1.29 is 17.7 Å². The van der Waals surface area contributed by atoms with Crippen LogP contribution in [0, 0.1) is 0 Å². The first-order chi connectivity index (χ1) is 14.8. The van der Waals surface area contributed by atoms with E-state index < -0.39 is 0 Å². The smallest absolute Gasteiger partial charge is 0.157 e. The van der Waals surface area contributed by atoms with Crippen molar-refractivity contribution in [1.82, 2.24) is 0 Å². The third-order valence-corrected chi connectivity index (χ3v) is 4.04. The molecule has 1 fully saturated rings. The first kappa shape index (κ1) is 14.2.